The molecule has 0 heterocycles. The summed E-state index contributed by atoms with van der Waals surface area (Å²) in [6.07, 6.45) is 0. The molecule has 76 valence electrons. The van der Waals surface area contributed by atoms with Crippen molar-refractivity contribution in [1.82, 2.24) is 0 Å². The number of anilines is 1. The number of hydrogen-bond donors (Lipinski definition) is 2. The minimum atomic E-state index is -1.43. The number of benzene rings is 1. The topological polar surface area (TPSA) is 72.5 Å². The molecule has 0 aliphatic rings. The van der Waals surface area contributed by atoms with Crippen LogP contribution >= 0.6 is 11.6 Å². The predicted molar refractivity (Wildman–Crippen MR) is 49.3 cm³/mol. The molecule has 0 saturated heterocycles. The Morgan fingerprint density at radius 2 is 2.29 bits per heavy atom. The van der Waals surface area contributed by atoms with Crippen molar-refractivity contribution in [3.05, 3.63) is 22.5 Å². The molecule has 4 nitrogen and oxygen atoms in total. The molecule has 0 bridgehead atoms. The first-order chi connectivity index (χ1) is 6.49. The summed E-state index contributed by atoms with van der Waals surface area (Å²) in [7, 11) is 1.28. The first kappa shape index (κ1) is 10.6. The van der Waals surface area contributed by atoms with Gasteiger partial charge in [-0.1, -0.05) is 11.6 Å². The maximum absolute atomic E-state index is 13.2. The predicted octanol–water partition coefficient (Wildman–Crippen LogP) is 1.77. The van der Waals surface area contributed by atoms with E-state index in [2.05, 4.69) is 0 Å². The minimum Gasteiger partial charge on any atom is -0.495 e. The number of carboxylic acids is 1. The monoisotopic (exact) mass is 219 g/mol. The van der Waals surface area contributed by atoms with Crippen molar-refractivity contribution < 1.29 is 19.0 Å². The molecule has 0 aliphatic heterocycles. The lowest BCUT2D eigenvalue weighted by atomic mass is 10.1. The van der Waals surface area contributed by atoms with E-state index in [4.69, 9.17) is 27.2 Å². The smallest absolute Gasteiger partial charge is 0.338 e. The van der Waals surface area contributed by atoms with Crippen LogP contribution in [0.1, 0.15) is 10.4 Å². The molecular weight excluding hydrogens is 213 g/mol. The third-order valence-electron chi connectivity index (χ3n) is 1.66. The molecular formula is C8H7ClFNO3. The van der Waals surface area contributed by atoms with E-state index in [0.717, 1.165) is 6.07 Å². The van der Waals surface area contributed by atoms with Gasteiger partial charge in [0.05, 0.1) is 12.8 Å². The number of carbonyl (C=O) groups is 1. The van der Waals surface area contributed by atoms with Crippen LogP contribution < -0.4 is 10.5 Å². The van der Waals surface area contributed by atoms with E-state index in [0.29, 0.717) is 0 Å². The standard InChI is InChI=1S/C8H7ClFNO3/c1-14-4-2-3(8(12)13)6(10)5(9)7(4)11/h2H,11H2,1H3,(H,12,13). The Hall–Kier alpha value is -1.49. The van der Waals surface area contributed by atoms with E-state index in [1.807, 2.05) is 0 Å². The molecule has 0 aliphatic carbocycles. The van der Waals surface area contributed by atoms with E-state index < -0.39 is 22.4 Å². The molecule has 0 aromatic heterocycles. The number of halogens is 2. The zero-order valence-corrected chi connectivity index (χ0v) is 7.93. The van der Waals surface area contributed by atoms with E-state index >= 15 is 0 Å². The van der Waals surface area contributed by atoms with Crippen LogP contribution in [-0.4, -0.2) is 18.2 Å². The van der Waals surface area contributed by atoms with Gasteiger partial charge in [0.2, 0.25) is 0 Å². The Bertz CT molecular complexity index is 395. The highest BCUT2D eigenvalue weighted by molar-refractivity contribution is 6.34. The molecule has 1 rings (SSSR count). The fourth-order valence-corrected chi connectivity index (χ4v) is 1.14. The Morgan fingerprint density at radius 1 is 1.71 bits per heavy atom. The summed E-state index contributed by atoms with van der Waals surface area (Å²) < 4.78 is 17.9. The molecule has 0 atom stereocenters. The van der Waals surface area contributed by atoms with Crippen LogP contribution in [0.5, 0.6) is 5.75 Å². The Labute approximate surface area is 84.0 Å². The Morgan fingerprint density at radius 3 is 2.71 bits per heavy atom. The highest BCUT2D eigenvalue weighted by Crippen LogP contribution is 2.33. The van der Waals surface area contributed by atoms with Gasteiger partial charge in [0.1, 0.15) is 16.3 Å². The lowest BCUT2D eigenvalue weighted by molar-refractivity contribution is 0.0691. The van der Waals surface area contributed by atoms with Crippen LogP contribution in [0.3, 0.4) is 0 Å². The molecule has 3 N–H and O–H groups in total. The van der Waals surface area contributed by atoms with Crippen molar-refractivity contribution in [1.29, 1.82) is 0 Å². The van der Waals surface area contributed by atoms with Crippen molar-refractivity contribution in [2.45, 2.75) is 0 Å². The summed E-state index contributed by atoms with van der Waals surface area (Å²) in [5.74, 6) is -2.45. The Balaban J connectivity index is 3.48. The van der Waals surface area contributed by atoms with Gasteiger partial charge in [-0.2, -0.15) is 0 Å². The molecule has 0 saturated carbocycles. The zero-order valence-electron chi connectivity index (χ0n) is 7.17. The van der Waals surface area contributed by atoms with Crippen molar-refractivity contribution >= 4 is 23.3 Å². The normalized spacial score (nSPS) is 9.93. The maximum atomic E-state index is 13.2. The second-order valence-electron chi connectivity index (χ2n) is 2.47. The van der Waals surface area contributed by atoms with Gasteiger partial charge in [0.15, 0.2) is 5.82 Å². The van der Waals surface area contributed by atoms with E-state index in [9.17, 15) is 9.18 Å². The summed E-state index contributed by atoms with van der Waals surface area (Å²) >= 11 is 5.47. The summed E-state index contributed by atoms with van der Waals surface area (Å²) in [4.78, 5) is 10.6. The number of nitrogen functional groups attached to an aromatic ring is 1. The lowest BCUT2D eigenvalue weighted by Crippen LogP contribution is -2.05. The molecule has 1 aromatic rings. The van der Waals surface area contributed by atoms with Gasteiger partial charge in [-0.3, -0.25) is 0 Å². The number of carboxylic acid groups (broad SMARTS) is 1. The van der Waals surface area contributed by atoms with Crippen molar-refractivity contribution in [3.63, 3.8) is 0 Å². The van der Waals surface area contributed by atoms with Gasteiger partial charge in [0, 0.05) is 0 Å². The summed E-state index contributed by atoms with van der Waals surface area (Å²) in [5.41, 5.74) is 4.69. The van der Waals surface area contributed by atoms with Crippen molar-refractivity contribution in [3.8, 4) is 5.75 Å². The number of hydrogen-bond acceptors (Lipinski definition) is 3. The molecule has 0 fully saturated rings. The van der Waals surface area contributed by atoms with Gasteiger partial charge >= 0.3 is 5.97 Å². The van der Waals surface area contributed by atoms with Gasteiger partial charge in [-0.15, -0.1) is 0 Å². The number of nitrogens with two attached hydrogens (primary N) is 1. The average Bonchev–Trinajstić information content (AvgIpc) is 2.14. The van der Waals surface area contributed by atoms with E-state index in [1.54, 1.807) is 0 Å². The number of aromatic carboxylic acids is 1. The fraction of sp³-hybridized carbons (Fsp3) is 0.125. The van der Waals surface area contributed by atoms with Crippen LogP contribution in [-0.2, 0) is 0 Å². The van der Waals surface area contributed by atoms with Gasteiger partial charge < -0.3 is 15.6 Å². The highest BCUT2D eigenvalue weighted by atomic mass is 35.5. The quantitative estimate of drug-likeness (QED) is 0.744. The van der Waals surface area contributed by atoms with Gasteiger partial charge in [-0.25, -0.2) is 9.18 Å². The number of ether oxygens (including phenoxy) is 1. The summed E-state index contributed by atoms with van der Waals surface area (Å²) in [6, 6.07) is 0.985. The highest BCUT2D eigenvalue weighted by Gasteiger charge is 2.19. The molecule has 6 heteroatoms. The van der Waals surface area contributed by atoms with Crippen LogP contribution in [0.2, 0.25) is 5.02 Å². The first-order valence-electron chi connectivity index (χ1n) is 3.53. The van der Waals surface area contributed by atoms with Gasteiger partial charge in [0.25, 0.3) is 0 Å². The summed E-state index contributed by atoms with van der Waals surface area (Å²) in [5, 5.41) is 8.16. The minimum absolute atomic E-state index is 0.0359. The second-order valence-corrected chi connectivity index (χ2v) is 2.85. The van der Waals surface area contributed by atoms with E-state index in [-0.39, 0.29) is 11.4 Å². The Kier molecular flexibility index (Phi) is 2.81. The third kappa shape index (κ3) is 1.58. The largest absolute Gasteiger partial charge is 0.495 e. The molecule has 0 unspecified atom stereocenters. The molecule has 0 radical (unpaired) electrons. The molecule has 14 heavy (non-hydrogen) atoms. The second kappa shape index (κ2) is 3.71. The lowest BCUT2D eigenvalue weighted by Gasteiger charge is -2.08. The van der Waals surface area contributed by atoms with Crippen LogP contribution in [0.15, 0.2) is 6.07 Å². The molecule has 0 amide bonds. The SMILES string of the molecule is COc1cc(C(=O)O)c(F)c(Cl)c1N. The van der Waals surface area contributed by atoms with Crippen LogP contribution in [0.4, 0.5) is 10.1 Å². The fourth-order valence-electron chi connectivity index (χ4n) is 0.941. The summed E-state index contributed by atoms with van der Waals surface area (Å²) in [6.45, 7) is 0. The average molecular weight is 220 g/mol. The number of methoxy groups -OCH3 is 1. The van der Waals surface area contributed by atoms with Gasteiger partial charge in [-0.05, 0) is 6.07 Å². The van der Waals surface area contributed by atoms with Crippen molar-refractivity contribution in [2.24, 2.45) is 0 Å². The first-order valence-corrected chi connectivity index (χ1v) is 3.91. The third-order valence-corrected chi connectivity index (χ3v) is 2.03. The van der Waals surface area contributed by atoms with Crippen LogP contribution in [0, 0.1) is 5.82 Å². The zero-order chi connectivity index (χ0) is 10.9. The maximum Gasteiger partial charge on any atom is 0.338 e. The van der Waals surface area contributed by atoms with E-state index in [1.165, 1.54) is 7.11 Å². The van der Waals surface area contributed by atoms with Crippen LogP contribution in [0.25, 0.3) is 0 Å². The number of rotatable bonds is 2. The molecule has 1 aromatic carbocycles. The van der Waals surface area contributed by atoms with Crippen molar-refractivity contribution in [2.75, 3.05) is 12.8 Å². The molecule has 0 spiro atoms.